The molecular weight excluding hydrogens is 357 g/mol. The van der Waals surface area contributed by atoms with E-state index < -0.39 is 23.5 Å². The molecule has 3 rings (SSSR count). The van der Waals surface area contributed by atoms with E-state index in [1.165, 1.54) is 47.6 Å². The minimum absolute atomic E-state index is 0.0169. The minimum Gasteiger partial charge on any atom is -0.507 e. The number of carbonyl (C=O) groups is 2. The predicted octanol–water partition coefficient (Wildman–Crippen LogP) is 3.26. The highest BCUT2D eigenvalue weighted by Gasteiger charge is 2.46. The highest BCUT2D eigenvalue weighted by molar-refractivity contribution is 7.10. The smallest absolute Gasteiger partial charge is 0.295 e. The quantitative estimate of drug-likeness (QED) is 0.495. The number of aliphatic hydroxyl groups is 1. The van der Waals surface area contributed by atoms with Gasteiger partial charge in [-0.15, -0.1) is 11.3 Å². The molecule has 1 N–H and O–H groups in total. The van der Waals surface area contributed by atoms with Crippen LogP contribution in [0.1, 0.15) is 22.0 Å². The molecule has 5 nitrogen and oxygen atoms in total. The van der Waals surface area contributed by atoms with Crippen molar-refractivity contribution >= 4 is 28.8 Å². The number of likely N-dealkylation sites (tertiary alicyclic amines) is 1. The summed E-state index contributed by atoms with van der Waals surface area (Å²) >= 11 is 1.41. The van der Waals surface area contributed by atoms with E-state index in [4.69, 9.17) is 4.74 Å². The number of hydrogen-bond acceptors (Lipinski definition) is 5. The Morgan fingerprint density at radius 2 is 1.96 bits per heavy atom. The number of ketones is 1. The molecule has 1 aliphatic rings. The number of carbonyl (C=O) groups excluding carboxylic acids is 2. The summed E-state index contributed by atoms with van der Waals surface area (Å²) in [6.07, 6.45) is 0. The third-order valence-electron chi connectivity index (χ3n) is 4.34. The van der Waals surface area contributed by atoms with Gasteiger partial charge in [0.25, 0.3) is 11.7 Å². The zero-order valence-electron chi connectivity index (χ0n) is 14.4. The van der Waals surface area contributed by atoms with Gasteiger partial charge >= 0.3 is 0 Å². The van der Waals surface area contributed by atoms with Gasteiger partial charge in [0.1, 0.15) is 11.6 Å². The molecule has 7 heteroatoms. The van der Waals surface area contributed by atoms with Crippen molar-refractivity contribution in [2.45, 2.75) is 13.0 Å². The fraction of sp³-hybridized carbons (Fsp3) is 0.263. The SMILES string of the molecule is COCCN1C(=O)C(=O)/C(=C(\O)c2ccc(F)cc2)C1c1sccc1C. The van der Waals surface area contributed by atoms with Gasteiger partial charge in [-0.25, -0.2) is 4.39 Å². The molecule has 1 saturated heterocycles. The standard InChI is InChI=1S/C19H18FNO4S/c1-11-7-10-26-18(11)15-14(16(22)12-3-5-13(20)6-4-12)17(23)19(24)21(15)8-9-25-2/h3-7,10,15,22H,8-9H2,1-2H3/b16-14-. The van der Waals surface area contributed by atoms with Gasteiger partial charge in [-0.05, 0) is 48.2 Å². The Morgan fingerprint density at radius 1 is 1.27 bits per heavy atom. The summed E-state index contributed by atoms with van der Waals surface area (Å²) in [5.41, 5.74) is 1.23. The van der Waals surface area contributed by atoms with Crippen LogP contribution in [-0.4, -0.2) is 42.0 Å². The molecule has 1 aromatic heterocycles. The number of thiophene rings is 1. The Morgan fingerprint density at radius 3 is 2.54 bits per heavy atom. The van der Waals surface area contributed by atoms with Gasteiger partial charge < -0.3 is 14.7 Å². The monoisotopic (exact) mass is 375 g/mol. The number of aliphatic hydroxyl groups excluding tert-OH is 1. The Bertz CT molecular complexity index is 872. The fourth-order valence-corrected chi connectivity index (χ4v) is 4.05. The number of benzene rings is 1. The van der Waals surface area contributed by atoms with Crippen molar-refractivity contribution in [1.82, 2.24) is 4.90 Å². The van der Waals surface area contributed by atoms with E-state index in [2.05, 4.69) is 0 Å². The molecule has 1 amide bonds. The molecule has 1 unspecified atom stereocenters. The summed E-state index contributed by atoms with van der Waals surface area (Å²) in [6.45, 7) is 2.38. The van der Waals surface area contributed by atoms with Crippen LogP contribution in [0.25, 0.3) is 5.76 Å². The first-order chi connectivity index (χ1) is 12.5. The van der Waals surface area contributed by atoms with Crippen LogP contribution >= 0.6 is 11.3 Å². The van der Waals surface area contributed by atoms with Gasteiger partial charge in [0.05, 0.1) is 18.2 Å². The number of halogens is 1. The molecule has 0 radical (unpaired) electrons. The molecule has 1 atom stereocenters. The van der Waals surface area contributed by atoms with Crippen LogP contribution in [-0.2, 0) is 14.3 Å². The zero-order valence-corrected chi connectivity index (χ0v) is 15.2. The summed E-state index contributed by atoms with van der Waals surface area (Å²) in [6, 6.07) is 6.36. The number of amides is 1. The van der Waals surface area contributed by atoms with Crippen molar-refractivity contribution in [3.8, 4) is 0 Å². The largest absolute Gasteiger partial charge is 0.507 e. The predicted molar refractivity (Wildman–Crippen MR) is 96.3 cm³/mol. The molecule has 0 bridgehead atoms. The molecular formula is C19H18FNO4S. The first-order valence-corrected chi connectivity index (χ1v) is 8.91. The molecule has 26 heavy (non-hydrogen) atoms. The first kappa shape index (κ1) is 18.3. The topological polar surface area (TPSA) is 66.8 Å². The highest BCUT2D eigenvalue weighted by atomic mass is 32.1. The van der Waals surface area contributed by atoms with Gasteiger partial charge in [-0.2, -0.15) is 0 Å². The lowest BCUT2D eigenvalue weighted by atomic mass is 9.98. The second-order valence-electron chi connectivity index (χ2n) is 5.96. The lowest BCUT2D eigenvalue weighted by Crippen LogP contribution is -2.32. The van der Waals surface area contributed by atoms with Gasteiger partial charge in [-0.1, -0.05) is 0 Å². The first-order valence-electron chi connectivity index (χ1n) is 8.03. The Labute approximate surface area is 154 Å². The maximum absolute atomic E-state index is 13.2. The van der Waals surface area contributed by atoms with Gasteiger partial charge in [0.2, 0.25) is 0 Å². The second kappa shape index (κ2) is 7.39. The molecule has 2 heterocycles. The van der Waals surface area contributed by atoms with Gasteiger partial charge in [0.15, 0.2) is 0 Å². The molecule has 0 saturated carbocycles. The van der Waals surface area contributed by atoms with E-state index in [9.17, 15) is 19.1 Å². The highest BCUT2D eigenvalue weighted by Crippen LogP contribution is 2.42. The minimum atomic E-state index is -0.749. The lowest BCUT2D eigenvalue weighted by molar-refractivity contribution is -0.140. The average Bonchev–Trinajstić information content (AvgIpc) is 3.15. The van der Waals surface area contributed by atoms with Crippen molar-refractivity contribution in [3.05, 3.63) is 63.1 Å². The normalized spacial score (nSPS) is 19.3. The molecule has 2 aromatic rings. The van der Waals surface area contributed by atoms with Crippen LogP contribution < -0.4 is 0 Å². The van der Waals surface area contributed by atoms with Crippen LogP contribution in [0.5, 0.6) is 0 Å². The van der Waals surface area contributed by atoms with Crippen molar-refractivity contribution in [2.24, 2.45) is 0 Å². The third-order valence-corrected chi connectivity index (χ3v) is 5.42. The third kappa shape index (κ3) is 3.15. The van der Waals surface area contributed by atoms with Crippen LogP contribution in [0.2, 0.25) is 0 Å². The number of ether oxygens (including phenoxy) is 1. The summed E-state index contributed by atoms with van der Waals surface area (Å²) in [4.78, 5) is 27.4. The summed E-state index contributed by atoms with van der Waals surface area (Å²) in [5.74, 6) is -2.18. The Balaban J connectivity index is 2.15. The number of Topliss-reactive ketones (excluding diaryl/α,β-unsaturated/α-hetero) is 1. The number of aryl methyl sites for hydroxylation is 1. The zero-order chi connectivity index (χ0) is 18.8. The Hall–Kier alpha value is -2.51. The van der Waals surface area contributed by atoms with Crippen molar-refractivity contribution in [1.29, 1.82) is 0 Å². The maximum atomic E-state index is 13.2. The van der Waals surface area contributed by atoms with Gasteiger partial charge in [-0.3, -0.25) is 9.59 Å². The van der Waals surface area contributed by atoms with Crippen molar-refractivity contribution in [3.63, 3.8) is 0 Å². The lowest BCUT2D eigenvalue weighted by Gasteiger charge is -2.24. The van der Waals surface area contributed by atoms with Gasteiger partial charge in [0, 0.05) is 24.1 Å². The van der Waals surface area contributed by atoms with E-state index in [1.807, 2.05) is 18.4 Å². The number of hydrogen-bond donors (Lipinski definition) is 1. The molecule has 1 fully saturated rings. The second-order valence-corrected chi connectivity index (χ2v) is 6.91. The molecule has 1 aliphatic heterocycles. The fourth-order valence-electron chi connectivity index (χ4n) is 3.00. The summed E-state index contributed by atoms with van der Waals surface area (Å²) in [7, 11) is 1.51. The maximum Gasteiger partial charge on any atom is 0.295 e. The van der Waals surface area contributed by atoms with Crippen LogP contribution in [0.4, 0.5) is 4.39 Å². The summed E-state index contributed by atoms with van der Waals surface area (Å²) in [5, 5.41) is 12.6. The van der Waals surface area contributed by atoms with Crippen molar-refractivity contribution in [2.75, 3.05) is 20.3 Å². The molecule has 0 spiro atoms. The number of rotatable bonds is 5. The van der Waals surface area contributed by atoms with E-state index in [0.29, 0.717) is 0 Å². The van der Waals surface area contributed by atoms with Crippen LogP contribution in [0.3, 0.4) is 0 Å². The molecule has 136 valence electrons. The van der Waals surface area contributed by atoms with Crippen molar-refractivity contribution < 1.29 is 23.8 Å². The van der Waals surface area contributed by atoms with E-state index >= 15 is 0 Å². The van der Waals surface area contributed by atoms with E-state index in [0.717, 1.165) is 10.4 Å². The van der Waals surface area contributed by atoms with E-state index in [1.54, 1.807) is 0 Å². The number of nitrogens with zero attached hydrogens (tertiary/aromatic N) is 1. The number of methoxy groups -OCH3 is 1. The van der Waals surface area contributed by atoms with Crippen LogP contribution in [0.15, 0.2) is 41.3 Å². The molecule has 1 aromatic carbocycles. The van der Waals surface area contributed by atoms with Crippen LogP contribution in [0, 0.1) is 12.7 Å². The average molecular weight is 375 g/mol. The molecule has 0 aliphatic carbocycles. The summed E-state index contributed by atoms with van der Waals surface area (Å²) < 4.78 is 18.2. The Kier molecular flexibility index (Phi) is 5.20. The van der Waals surface area contributed by atoms with E-state index in [-0.39, 0.29) is 30.0 Å².